The van der Waals surface area contributed by atoms with Crippen LogP contribution >= 0.6 is 11.3 Å². The Balaban J connectivity index is 2.17. The zero-order valence-electron chi connectivity index (χ0n) is 12.9. The molecule has 1 aromatic carbocycles. The van der Waals surface area contributed by atoms with Crippen LogP contribution in [0, 0.1) is 0 Å². The maximum absolute atomic E-state index is 12.3. The average molecular weight is 338 g/mol. The van der Waals surface area contributed by atoms with Crippen LogP contribution < -0.4 is 4.72 Å². The number of likely N-dealkylation sites (N-methyl/N-ethyl adjacent to an activating group) is 1. The normalized spacial score (nSPS) is 13.4. The lowest BCUT2D eigenvalue weighted by atomic mass is 10.1. The number of nitrogens with zero attached hydrogens (tertiary/aromatic N) is 1. The van der Waals surface area contributed by atoms with E-state index in [0.29, 0.717) is 10.8 Å². The van der Waals surface area contributed by atoms with Gasteiger partial charge in [0.1, 0.15) is 4.21 Å². The summed E-state index contributed by atoms with van der Waals surface area (Å²) in [5.41, 5.74) is 1.13. The van der Waals surface area contributed by atoms with Crippen molar-refractivity contribution in [3.63, 3.8) is 0 Å². The zero-order valence-corrected chi connectivity index (χ0v) is 14.5. The van der Waals surface area contributed by atoms with Gasteiger partial charge in [-0.05, 0) is 30.1 Å². The minimum absolute atomic E-state index is 0.0333. The maximum Gasteiger partial charge on any atom is 0.250 e. The molecule has 0 fully saturated rings. The first-order valence-electron chi connectivity index (χ1n) is 7.40. The van der Waals surface area contributed by atoms with Crippen molar-refractivity contribution in [1.82, 2.24) is 9.62 Å². The number of hydrogen-bond donors (Lipinski definition) is 1. The van der Waals surface area contributed by atoms with Crippen molar-refractivity contribution in [3.8, 4) is 0 Å². The van der Waals surface area contributed by atoms with Crippen LogP contribution in [0.5, 0.6) is 0 Å². The van der Waals surface area contributed by atoms with Crippen molar-refractivity contribution in [3.05, 3.63) is 53.4 Å². The van der Waals surface area contributed by atoms with E-state index in [1.165, 1.54) is 11.3 Å². The second-order valence-corrected chi connectivity index (χ2v) is 7.87. The zero-order chi connectivity index (χ0) is 16.0. The largest absolute Gasteiger partial charge is 0.296 e. The molecular weight excluding hydrogens is 316 g/mol. The SMILES string of the molecule is CCN(CC)C(CNS(=O)(=O)c1cccs1)c1ccccc1. The molecule has 1 unspecified atom stereocenters. The van der Waals surface area contributed by atoms with Gasteiger partial charge in [-0.15, -0.1) is 11.3 Å². The van der Waals surface area contributed by atoms with Gasteiger partial charge in [-0.1, -0.05) is 50.2 Å². The number of nitrogens with one attached hydrogen (secondary N) is 1. The summed E-state index contributed by atoms with van der Waals surface area (Å²) in [4.78, 5) is 2.26. The summed E-state index contributed by atoms with van der Waals surface area (Å²) in [5.74, 6) is 0. The van der Waals surface area contributed by atoms with E-state index in [1.54, 1.807) is 17.5 Å². The molecule has 0 saturated heterocycles. The Hall–Kier alpha value is -1.21. The fourth-order valence-corrected chi connectivity index (χ4v) is 4.55. The van der Waals surface area contributed by atoms with Crippen LogP contribution in [-0.2, 0) is 10.0 Å². The smallest absolute Gasteiger partial charge is 0.250 e. The number of hydrogen-bond acceptors (Lipinski definition) is 4. The molecule has 120 valence electrons. The van der Waals surface area contributed by atoms with Crippen LogP contribution in [0.4, 0.5) is 0 Å². The van der Waals surface area contributed by atoms with Crippen molar-refractivity contribution >= 4 is 21.4 Å². The molecule has 1 atom stereocenters. The van der Waals surface area contributed by atoms with Gasteiger partial charge in [0.15, 0.2) is 0 Å². The predicted octanol–water partition coefficient (Wildman–Crippen LogP) is 3.11. The minimum Gasteiger partial charge on any atom is -0.296 e. The van der Waals surface area contributed by atoms with Gasteiger partial charge in [0, 0.05) is 12.6 Å². The standard InChI is InChI=1S/C16H22N2O2S2/c1-3-18(4-2)15(14-9-6-5-7-10-14)13-17-22(19,20)16-11-8-12-21-16/h5-12,15,17H,3-4,13H2,1-2H3. The molecule has 1 heterocycles. The van der Waals surface area contributed by atoms with E-state index >= 15 is 0 Å². The molecule has 6 heteroatoms. The van der Waals surface area contributed by atoms with Crippen molar-refractivity contribution in [2.75, 3.05) is 19.6 Å². The first kappa shape index (κ1) is 17.1. The van der Waals surface area contributed by atoms with Crippen molar-refractivity contribution in [1.29, 1.82) is 0 Å². The first-order chi connectivity index (χ1) is 10.6. The molecule has 1 aromatic heterocycles. The third-order valence-corrected chi connectivity index (χ3v) is 6.49. The average Bonchev–Trinajstić information content (AvgIpc) is 3.07. The van der Waals surface area contributed by atoms with Gasteiger partial charge in [0.25, 0.3) is 0 Å². The number of thiophene rings is 1. The minimum atomic E-state index is -3.43. The lowest BCUT2D eigenvalue weighted by Gasteiger charge is -2.30. The summed E-state index contributed by atoms with van der Waals surface area (Å²) in [6.45, 7) is 6.29. The first-order valence-corrected chi connectivity index (χ1v) is 9.77. The fraction of sp³-hybridized carbons (Fsp3) is 0.375. The van der Waals surface area contributed by atoms with E-state index in [-0.39, 0.29) is 6.04 Å². The topological polar surface area (TPSA) is 49.4 Å². The molecule has 4 nitrogen and oxygen atoms in total. The Morgan fingerprint density at radius 3 is 2.32 bits per heavy atom. The molecule has 2 rings (SSSR count). The molecule has 1 N–H and O–H groups in total. The van der Waals surface area contributed by atoms with Crippen LogP contribution in [0.3, 0.4) is 0 Å². The highest BCUT2D eigenvalue weighted by Gasteiger charge is 2.22. The van der Waals surface area contributed by atoms with Crippen LogP contribution in [0.25, 0.3) is 0 Å². The van der Waals surface area contributed by atoms with E-state index in [4.69, 9.17) is 0 Å². The van der Waals surface area contributed by atoms with Gasteiger partial charge in [-0.3, -0.25) is 4.90 Å². The van der Waals surface area contributed by atoms with Crippen molar-refractivity contribution in [2.45, 2.75) is 24.1 Å². The summed E-state index contributed by atoms with van der Waals surface area (Å²) < 4.78 is 27.7. The quantitative estimate of drug-likeness (QED) is 0.804. The van der Waals surface area contributed by atoms with E-state index in [9.17, 15) is 8.42 Å². The predicted molar refractivity (Wildman–Crippen MR) is 91.6 cm³/mol. The lowest BCUT2D eigenvalue weighted by molar-refractivity contribution is 0.220. The molecule has 0 aliphatic carbocycles. The Kier molecular flexibility index (Phi) is 6.14. The lowest BCUT2D eigenvalue weighted by Crippen LogP contribution is -2.37. The van der Waals surface area contributed by atoms with Gasteiger partial charge in [-0.2, -0.15) is 0 Å². The van der Waals surface area contributed by atoms with E-state index < -0.39 is 10.0 Å². The molecule has 0 bridgehead atoms. The third-order valence-electron chi connectivity index (χ3n) is 3.66. The van der Waals surface area contributed by atoms with E-state index in [0.717, 1.165) is 18.7 Å². The summed E-state index contributed by atoms with van der Waals surface area (Å²) in [6.07, 6.45) is 0. The highest BCUT2D eigenvalue weighted by Crippen LogP contribution is 2.21. The Morgan fingerprint density at radius 2 is 1.77 bits per heavy atom. The second-order valence-electron chi connectivity index (χ2n) is 4.93. The van der Waals surface area contributed by atoms with Gasteiger partial charge >= 0.3 is 0 Å². The van der Waals surface area contributed by atoms with Crippen LogP contribution in [0.2, 0.25) is 0 Å². The van der Waals surface area contributed by atoms with E-state index in [2.05, 4.69) is 23.5 Å². The van der Waals surface area contributed by atoms with Gasteiger partial charge in [-0.25, -0.2) is 13.1 Å². The summed E-state index contributed by atoms with van der Waals surface area (Å²) in [6, 6.07) is 13.4. The fourth-order valence-electron chi connectivity index (χ4n) is 2.47. The van der Waals surface area contributed by atoms with Crippen molar-refractivity contribution < 1.29 is 8.42 Å². The van der Waals surface area contributed by atoms with Gasteiger partial charge in [0.2, 0.25) is 10.0 Å². The van der Waals surface area contributed by atoms with Gasteiger partial charge in [0.05, 0.1) is 0 Å². The van der Waals surface area contributed by atoms with Crippen LogP contribution in [0.1, 0.15) is 25.5 Å². The molecule has 0 saturated carbocycles. The molecular formula is C16H22N2O2S2. The molecule has 0 radical (unpaired) electrons. The number of benzene rings is 1. The highest BCUT2D eigenvalue weighted by atomic mass is 32.2. The molecule has 2 aromatic rings. The monoisotopic (exact) mass is 338 g/mol. The Labute approximate surface area is 136 Å². The Morgan fingerprint density at radius 1 is 1.09 bits per heavy atom. The summed E-state index contributed by atoms with van der Waals surface area (Å²) in [5, 5.41) is 1.77. The maximum atomic E-state index is 12.3. The van der Waals surface area contributed by atoms with Crippen LogP contribution in [-0.4, -0.2) is 33.0 Å². The molecule has 0 amide bonds. The van der Waals surface area contributed by atoms with Gasteiger partial charge < -0.3 is 0 Å². The Bertz CT molecular complexity index is 651. The van der Waals surface area contributed by atoms with Crippen LogP contribution in [0.15, 0.2) is 52.1 Å². The number of sulfonamides is 1. The number of rotatable bonds is 8. The molecule has 22 heavy (non-hydrogen) atoms. The molecule has 0 spiro atoms. The summed E-state index contributed by atoms with van der Waals surface area (Å²) >= 11 is 1.23. The van der Waals surface area contributed by atoms with E-state index in [1.807, 2.05) is 30.3 Å². The van der Waals surface area contributed by atoms with Crippen molar-refractivity contribution in [2.24, 2.45) is 0 Å². The molecule has 0 aliphatic rings. The summed E-state index contributed by atoms with van der Waals surface area (Å²) in [7, 11) is -3.43. The second kappa shape index (κ2) is 7.87. The molecule has 0 aliphatic heterocycles. The third kappa shape index (κ3) is 4.16. The highest BCUT2D eigenvalue weighted by molar-refractivity contribution is 7.91.